The highest BCUT2D eigenvalue weighted by Gasteiger charge is 2.40. The first-order valence-corrected chi connectivity index (χ1v) is 21.1. The number of carbonyl (C=O) groups excluding carboxylic acids is 3. The van der Waals surface area contributed by atoms with Crippen LogP contribution in [-0.2, 0) is 39.3 Å². The lowest BCUT2D eigenvalue weighted by atomic mass is 9.77. The molecule has 0 fully saturated rings. The predicted molar refractivity (Wildman–Crippen MR) is 241 cm³/mol. The van der Waals surface area contributed by atoms with E-state index in [1.165, 1.54) is 12.0 Å². The van der Waals surface area contributed by atoms with Crippen molar-refractivity contribution >= 4 is 41.2 Å². The van der Waals surface area contributed by atoms with Crippen LogP contribution in [0.4, 0.5) is 4.79 Å². The molecule has 1 aromatic heterocycles. The van der Waals surface area contributed by atoms with Crippen LogP contribution < -0.4 is 0 Å². The summed E-state index contributed by atoms with van der Waals surface area (Å²) in [6.07, 6.45) is 3.55. The number of amides is 2. The molecule has 0 aliphatic carbocycles. The molecule has 0 radical (unpaired) electrons. The van der Waals surface area contributed by atoms with Gasteiger partial charge in [-0.1, -0.05) is 152 Å². The van der Waals surface area contributed by atoms with E-state index in [0.29, 0.717) is 33.2 Å². The number of nitrogens with zero attached hydrogens (tertiary/aromatic N) is 4. The van der Waals surface area contributed by atoms with Crippen LogP contribution in [0, 0.1) is 5.92 Å². The van der Waals surface area contributed by atoms with Gasteiger partial charge in [0.1, 0.15) is 17.2 Å². The number of imidazole rings is 1. The van der Waals surface area contributed by atoms with Crippen molar-refractivity contribution in [3.05, 3.63) is 195 Å². The molecule has 0 saturated carbocycles. The van der Waals surface area contributed by atoms with E-state index < -0.39 is 29.2 Å². The number of ether oxygens (including phenoxy) is 2. The maximum atomic E-state index is 15.2. The fraction of sp³-hybridized carbons (Fsp3) is 0.280. The lowest BCUT2D eigenvalue weighted by Gasteiger charge is -2.38. The molecule has 2 amide bonds. The van der Waals surface area contributed by atoms with E-state index in [9.17, 15) is 9.59 Å². The second-order valence-electron chi connectivity index (χ2n) is 16.3. The Bertz CT molecular complexity index is 2320. The summed E-state index contributed by atoms with van der Waals surface area (Å²) in [6, 6.07) is 42.2. The highest BCUT2D eigenvalue weighted by atomic mass is 35.5. The zero-order valence-electron chi connectivity index (χ0n) is 35.4. The first-order chi connectivity index (χ1) is 29.2. The predicted octanol–water partition coefficient (Wildman–Crippen LogP) is 10.8. The van der Waals surface area contributed by atoms with Crippen molar-refractivity contribution in [2.45, 2.75) is 71.3 Å². The van der Waals surface area contributed by atoms with Crippen molar-refractivity contribution in [3.63, 3.8) is 0 Å². The van der Waals surface area contributed by atoms with Gasteiger partial charge in [0, 0.05) is 32.3 Å². The zero-order valence-corrected chi connectivity index (χ0v) is 36.9. The van der Waals surface area contributed by atoms with E-state index >= 15 is 4.79 Å². The molecule has 0 N–H and O–H groups in total. The zero-order chi connectivity index (χ0) is 43.7. The topological polar surface area (TPSA) is 94.0 Å². The van der Waals surface area contributed by atoms with Gasteiger partial charge in [-0.05, 0) is 72.7 Å². The van der Waals surface area contributed by atoms with Crippen LogP contribution in [0.1, 0.15) is 78.5 Å². The lowest BCUT2D eigenvalue weighted by Crippen LogP contribution is -2.54. The minimum Gasteiger partial charge on any atom is -0.465 e. The largest absolute Gasteiger partial charge is 0.465 e. The Balaban J connectivity index is 1.39. The van der Waals surface area contributed by atoms with E-state index in [4.69, 9.17) is 37.7 Å². The summed E-state index contributed by atoms with van der Waals surface area (Å²) in [5.74, 6) is -1.18. The van der Waals surface area contributed by atoms with Crippen LogP contribution >= 0.6 is 23.2 Å². The second-order valence-corrected chi connectivity index (χ2v) is 17.1. The summed E-state index contributed by atoms with van der Waals surface area (Å²) in [6.45, 7) is 9.52. The van der Waals surface area contributed by atoms with Gasteiger partial charge in [0.05, 0.1) is 34.7 Å². The Kier molecular flexibility index (Phi) is 14.4. The molecule has 316 valence electrons. The number of rotatable bonds is 15. The molecule has 6 rings (SSSR count). The van der Waals surface area contributed by atoms with Crippen molar-refractivity contribution in [2.24, 2.45) is 5.92 Å². The summed E-state index contributed by atoms with van der Waals surface area (Å²) >= 11 is 13.1. The van der Waals surface area contributed by atoms with Crippen LogP contribution in [0.3, 0.4) is 0 Å². The van der Waals surface area contributed by atoms with Gasteiger partial charge < -0.3 is 18.9 Å². The number of aromatic nitrogens is 2. The fourth-order valence-corrected chi connectivity index (χ4v) is 8.13. The monoisotopic (exact) mass is 858 g/mol. The van der Waals surface area contributed by atoms with Crippen molar-refractivity contribution in [3.8, 4) is 0 Å². The van der Waals surface area contributed by atoms with E-state index in [1.54, 1.807) is 56.0 Å². The van der Waals surface area contributed by atoms with Crippen LogP contribution in [0.15, 0.2) is 146 Å². The third-order valence-corrected chi connectivity index (χ3v) is 11.3. The van der Waals surface area contributed by atoms with Gasteiger partial charge in [-0.3, -0.25) is 9.69 Å². The molecule has 0 unspecified atom stereocenters. The average Bonchev–Trinajstić information content (AvgIpc) is 3.73. The molecule has 5 aromatic carbocycles. The first kappa shape index (κ1) is 44.6. The molecular weight excluding hydrogens is 807 g/mol. The molecule has 0 saturated heterocycles. The highest BCUT2D eigenvalue weighted by molar-refractivity contribution is 6.42. The van der Waals surface area contributed by atoms with E-state index in [-0.39, 0.29) is 31.5 Å². The Labute approximate surface area is 368 Å². The van der Waals surface area contributed by atoms with E-state index in [1.807, 2.05) is 93.1 Å². The van der Waals surface area contributed by atoms with Gasteiger partial charge in [-0.25, -0.2) is 14.6 Å². The Morgan fingerprint density at radius 3 is 1.87 bits per heavy atom. The molecule has 1 heterocycles. The van der Waals surface area contributed by atoms with E-state index in [0.717, 1.165) is 22.4 Å². The van der Waals surface area contributed by atoms with Gasteiger partial charge in [-0.2, -0.15) is 0 Å². The fourth-order valence-electron chi connectivity index (χ4n) is 7.75. The van der Waals surface area contributed by atoms with Crippen molar-refractivity contribution in [1.29, 1.82) is 0 Å². The Morgan fingerprint density at radius 2 is 1.33 bits per heavy atom. The van der Waals surface area contributed by atoms with Crippen molar-refractivity contribution < 1.29 is 23.9 Å². The Hall–Kier alpha value is -5.90. The SMILES string of the molecule is COC(=O)c1cccc(CN(Cc2cccc(Cl)c2Cl)C(=O)[C@H](C(C)C)N(CCc2cn(C(c3ccccc3)(c3ccccc3)c3ccccc3)cn2)C(=O)OC(C)(C)C)c1. The number of hydrogen-bond acceptors (Lipinski definition) is 6. The first-order valence-electron chi connectivity index (χ1n) is 20.3. The minimum absolute atomic E-state index is 0.0804. The number of hydrogen-bond donors (Lipinski definition) is 0. The summed E-state index contributed by atoms with van der Waals surface area (Å²) in [7, 11) is 1.32. The third kappa shape index (κ3) is 10.4. The lowest BCUT2D eigenvalue weighted by molar-refractivity contribution is -0.140. The quantitative estimate of drug-likeness (QED) is 0.0754. The molecule has 1 atom stereocenters. The molecule has 0 bridgehead atoms. The summed E-state index contributed by atoms with van der Waals surface area (Å²) in [5, 5.41) is 0.675. The molecule has 9 nitrogen and oxygen atoms in total. The summed E-state index contributed by atoms with van der Waals surface area (Å²) in [4.78, 5) is 50.1. The van der Waals surface area contributed by atoms with Gasteiger partial charge >= 0.3 is 12.1 Å². The number of benzene rings is 5. The van der Waals surface area contributed by atoms with Crippen LogP contribution in [0.5, 0.6) is 0 Å². The van der Waals surface area contributed by atoms with Crippen LogP contribution in [-0.4, -0.2) is 62.6 Å². The number of carbonyl (C=O) groups is 3. The Morgan fingerprint density at radius 1 is 0.754 bits per heavy atom. The maximum Gasteiger partial charge on any atom is 0.410 e. The van der Waals surface area contributed by atoms with Gasteiger partial charge in [0.2, 0.25) is 5.91 Å². The highest BCUT2D eigenvalue weighted by Crippen LogP contribution is 2.41. The summed E-state index contributed by atoms with van der Waals surface area (Å²) < 4.78 is 13.1. The molecule has 0 aliphatic heterocycles. The third-order valence-electron chi connectivity index (χ3n) is 10.5. The molecule has 0 aliphatic rings. The maximum absolute atomic E-state index is 15.2. The van der Waals surface area contributed by atoms with Crippen LogP contribution in [0.2, 0.25) is 10.0 Å². The normalized spacial score (nSPS) is 12.1. The van der Waals surface area contributed by atoms with E-state index in [2.05, 4.69) is 41.0 Å². The standard InChI is InChI=1S/C50H52Cl2N4O5/c1-35(2)45(46(57)54(32-38-20-17-27-43(51)44(38)52)31-36-18-16-19-37(30-36)47(58)60-6)56(48(59)61-49(3,4)5)29-28-42-33-55(34-53-42)50(39-21-10-7-11-22-39,40-23-12-8-13-24-40)41-25-14-9-15-26-41/h7-27,30,33-35,45H,28-29,31-32H2,1-6H3/t45-/m0/s1. The smallest absolute Gasteiger partial charge is 0.410 e. The van der Waals surface area contributed by atoms with Crippen molar-refractivity contribution in [2.75, 3.05) is 13.7 Å². The average molecular weight is 860 g/mol. The van der Waals surface area contributed by atoms with Gasteiger partial charge in [0.15, 0.2) is 0 Å². The number of esters is 1. The van der Waals surface area contributed by atoms with Gasteiger partial charge in [0.25, 0.3) is 0 Å². The number of halogens is 2. The molecule has 61 heavy (non-hydrogen) atoms. The van der Waals surface area contributed by atoms with Crippen LogP contribution in [0.25, 0.3) is 0 Å². The molecule has 6 aromatic rings. The van der Waals surface area contributed by atoms with Crippen molar-refractivity contribution in [1.82, 2.24) is 19.4 Å². The number of methoxy groups -OCH3 is 1. The minimum atomic E-state index is -0.962. The molecular formula is C50H52Cl2N4O5. The molecule has 11 heteroatoms. The molecule has 0 spiro atoms. The van der Waals surface area contributed by atoms with Gasteiger partial charge in [-0.15, -0.1) is 0 Å². The second kappa shape index (κ2) is 19.7. The summed E-state index contributed by atoms with van der Waals surface area (Å²) in [5.41, 5.74) is 3.91.